The third-order valence-corrected chi connectivity index (χ3v) is 4.94. The van der Waals surface area contributed by atoms with E-state index in [-0.39, 0.29) is 35.9 Å². The Labute approximate surface area is 187 Å². The molecule has 2 aromatic heterocycles. The fourth-order valence-electron chi connectivity index (χ4n) is 3.51. The minimum absolute atomic E-state index is 0. The van der Waals surface area contributed by atoms with Crippen LogP contribution in [0.4, 0.5) is 5.69 Å². The standard InChI is InChI=1S/C21H24N6O.HI/c1-15-7-6-10-19-24-17(14-26(15)19)12-23-21(22-2)25-16-11-20(28)27(13-16)18-8-4-3-5-9-18;/h3-10,14,16H,11-13H2,1-2H3,(H2,22,23,25);1H. The number of imidazole rings is 1. The largest absolute Gasteiger partial charge is 0.351 e. The molecule has 7 nitrogen and oxygen atoms in total. The van der Waals surface area contributed by atoms with Crippen LogP contribution in [-0.2, 0) is 11.3 Å². The third-order valence-electron chi connectivity index (χ3n) is 4.94. The summed E-state index contributed by atoms with van der Waals surface area (Å²) in [5, 5.41) is 6.65. The average molecular weight is 504 g/mol. The van der Waals surface area contributed by atoms with E-state index in [0.717, 1.165) is 22.7 Å². The zero-order chi connectivity index (χ0) is 19.5. The Bertz CT molecular complexity index is 1020. The van der Waals surface area contributed by atoms with Crippen molar-refractivity contribution in [3.8, 4) is 0 Å². The summed E-state index contributed by atoms with van der Waals surface area (Å²) in [6.45, 7) is 3.24. The molecule has 152 valence electrons. The SMILES string of the molecule is CN=C(NCc1cn2c(C)cccc2n1)NC1CC(=O)N(c2ccccc2)C1.I. The summed E-state index contributed by atoms with van der Waals surface area (Å²) in [6, 6.07) is 15.8. The Balaban J connectivity index is 0.00000240. The highest BCUT2D eigenvalue weighted by Crippen LogP contribution is 2.21. The number of benzene rings is 1. The van der Waals surface area contributed by atoms with Crippen LogP contribution in [-0.4, -0.2) is 40.9 Å². The van der Waals surface area contributed by atoms with Gasteiger partial charge in [0.25, 0.3) is 0 Å². The Morgan fingerprint density at radius 1 is 1.21 bits per heavy atom. The van der Waals surface area contributed by atoms with E-state index in [1.165, 1.54) is 0 Å². The second kappa shape index (κ2) is 9.25. The molecule has 3 heterocycles. The molecular weight excluding hydrogens is 479 g/mol. The third kappa shape index (κ3) is 4.69. The molecule has 1 aromatic carbocycles. The molecule has 2 N–H and O–H groups in total. The van der Waals surface area contributed by atoms with Crippen molar-refractivity contribution in [1.29, 1.82) is 0 Å². The fraction of sp³-hybridized carbons (Fsp3) is 0.286. The molecule has 0 saturated carbocycles. The first-order valence-corrected chi connectivity index (χ1v) is 9.40. The van der Waals surface area contributed by atoms with Gasteiger partial charge in [0.2, 0.25) is 5.91 Å². The number of para-hydroxylation sites is 1. The number of fused-ring (bicyclic) bond motifs is 1. The summed E-state index contributed by atoms with van der Waals surface area (Å²) in [5.74, 6) is 0.788. The number of hydrogen-bond acceptors (Lipinski definition) is 3. The first-order valence-electron chi connectivity index (χ1n) is 9.40. The Kier molecular flexibility index (Phi) is 6.73. The molecule has 1 aliphatic rings. The number of pyridine rings is 1. The zero-order valence-electron chi connectivity index (χ0n) is 16.5. The van der Waals surface area contributed by atoms with Gasteiger partial charge in [-0.05, 0) is 31.2 Å². The second-order valence-corrected chi connectivity index (χ2v) is 6.94. The number of anilines is 1. The molecule has 29 heavy (non-hydrogen) atoms. The lowest BCUT2D eigenvalue weighted by molar-refractivity contribution is -0.117. The van der Waals surface area contributed by atoms with Crippen LogP contribution < -0.4 is 15.5 Å². The molecule has 1 amide bonds. The van der Waals surface area contributed by atoms with E-state index >= 15 is 0 Å². The number of halogens is 1. The molecule has 8 heteroatoms. The number of rotatable bonds is 4. The van der Waals surface area contributed by atoms with E-state index in [1.54, 1.807) is 7.05 Å². The Hall–Kier alpha value is -2.62. The first-order chi connectivity index (χ1) is 13.6. The number of carbonyl (C=O) groups is 1. The van der Waals surface area contributed by atoms with Crippen molar-refractivity contribution < 1.29 is 4.79 Å². The van der Waals surface area contributed by atoms with Crippen molar-refractivity contribution in [3.05, 3.63) is 66.1 Å². The Morgan fingerprint density at radius 2 is 2.00 bits per heavy atom. The summed E-state index contributed by atoms with van der Waals surface area (Å²) in [6.07, 6.45) is 2.48. The number of aromatic nitrogens is 2. The molecule has 0 aliphatic carbocycles. The lowest BCUT2D eigenvalue weighted by Gasteiger charge is -2.18. The van der Waals surface area contributed by atoms with E-state index in [9.17, 15) is 4.79 Å². The summed E-state index contributed by atoms with van der Waals surface area (Å²) < 4.78 is 2.07. The highest BCUT2D eigenvalue weighted by atomic mass is 127. The van der Waals surface area contributed by atoms with Gasteiger partial charge in [0, 0.05) is 37.6 Å². The maximum atomic E-state index is 12.4. The van der Waals surface area contributed by atoms with Crippen molar-refractivity contribution in [1.82, 2.24) is 20.0 Å². The number of aryl methyl sites for hydroxylation is 1. The van der Waals surface area contributed by atoms with Crippen molar-refractivity contribution in [2.75, 3.05) is 18.5 Å². The number of nitrogens with one attached hydrogen (secondary N) is 2. The van der Waals surface area contributed by atoms with Gasteiger partial charge in [-0.1, -0.05) is 24.3 Å². The maximum Gasteiger partial charge on any atom is 0.229 e. The lowest BCUT2D eigenvalue weighted by atomic mass is 10.2. The van der Waals surface area contributed by atoms with Gasteiger partial charge in [-0.15, -0.1) is 24.0 Å². The van der Waals surface area contributed by atoms with Gasteiger partial charge in [-0.25, -0.2) is 4.98 Å². The van der Waals surface area contributed by atoms with Gasteiger partial charge in [0.1, 0.15) is 5.65 Å². The summed E-state index contributed by atoms with van der Waals surface area (Å²) in [5.41, 5.74) is 3.94. The minimum atomic E-state index is 0. The van der Waals surface area contributed by atoms with Gasteiger partial charge in [-0.2, -0.15) is 0 Å². The zero-order valence-corrected chi connectivity index (χ0v) is 18.8. The minimum Gasteiger partial charge on any atom is -0.351 e. The average Bonchev–Trinajstić information content (AvgIpc) is 3.29. The highest BCUT2D eigenvalue weighted by molar-refractivity contribution is 14.0. The quantitative estimate of drug-likeness (QED) is 0.326. The molecule has 0 spiro atoms. The molecule has 1 fully saturated rings. The van der Waals surface area contributed by atoms with Crippen LogP contribution in [0.3, 0.4) is 0 Å². The topological polar surface area (TPSA) is 74.0 Å². The molecule has 1 atom stereocenters. The lowest BCUT2D eigenvalue weighted by Crippen LogP contribution is -2.44. The molecule has 0 bridgehead atoms. The predicted molar refractivity (Wildman–Crippen MR) is 126 cm³/mol. The number of nitrogens with zero attached hydrogens (tertiary/aromatic N) is 4. The molecule has 1 saturated heterocycles. The highest BCUT2D eigenvalue weighted by Gasteiger charge is 2.31. The monoisotopic (exact) mass is 504 g/mol. The van der Waals surface area contributed by atoms with Gasteiger partial charge in [-0.3, -0.25) is 9.79 Å². The molecule has 1 unspecified atom stereocenters. The normalized spacial score (nSPS) is 16.8. The van der Waals surface area contributed by atoms with Crippen LogP contribution in [0.1, 0.15) is 17.8 Å². The summed E-state index contributed by atoms with van der Waals surface area (Å²) >= 11 is 0. The van der Waals surface area contributed by atoms with E-state index in [1.807, 2.05) is 53.6 Å². The molecule has 1 aliphatic heterocycles. The van der Waals surface area contributed by atoms with Crippen LogP contribution in [0.2, 0.25) is 0 Å². The van der Waals surface area contributed by atoms with E-state index in [0.29, 0.717) is 25.5 Å². The van der Waals surface area contributed by atoms with Crippen molar-refractivity contribution in [3.63, 3.8) is 0 Å². The van der Waals surface area contributed by atoms with Crippen LogP contribution in [0.5, 0.6) is 0 Å². The molecule has 3 aromatic rings. The van der Waals surface area contributed by atoms with E-state index in [4.69, 9.17) is 0 Å². The van der Waals surface area contributed by atoms with Crippen molar-refractivity contribution >= 4 is 47.2 Å². The molecular formula is C21H25IN6O. The smallest absolute Gasteiger partial charge is 0.229 e. The number of carbonyl (C=O) groups excluding carboxylic acids is 1. The van der Waals surface area contributed by atoms with Crippen molar-refractivity contribution in [2.45, 2.75) is 25.9 Å². The molecule has 4 rings (SSSR count). The predicted octanol–water partition coefficient (Wildman–Crippen LogP) is 2.73. The van der Waals surface area contributed by atoms with Crippen LogP contribution in [0.25, 0.3) is 5.65 Å². The maximum absolute atomic E-state index is 12.4. The number of guanidine groups is 1. The number of amides is 1. The van der Waals surface area contributed by atoms with Crippen LogP contribution in [0, 0.1) is 6.92 Å². The van der Waals surface area contributed by atoms with Gasteiger partial charge >= 0.3 is 0 Å². The molecule has 0 radical (unpaired) electrons. The number of aliphatic imine (C=N–C) groups is 1. The Morgan fingerprint density at radius 3 is 2.72 bits per heavy atom. The van der Waals surface area contributed by atoms with E-state index < -0.39 is 0 Å². The first kappa shape index (κ1) is 21.1. The van der Waals surface area contributed by atoms with Crippen LogP contribution in [0.15, 0.2) is 59.7 Å². The van der Waals surface area contributed by atoms with Gasteiger partial charge in [0.05, 0.1) is 18.3 Å². The van der Waals surface area contributed by atoms with Gasteiger partial charge < -0.3 is 19.9 Å². The van der Waals surface area contributed by atoms with Gasteiger partial charge in [0.15, 0.2) is 5.96 Å². The number of hydrogen-bond donors (Lipinski definition) is 2. The van der Waals surface area contributed by atoms with E-state index in [2.05, 4.69) is 38.0 Å². The fourth-order valence-corrected chi connectivity index (χ4v) is 3.51. The van der Waals surface area contributed by atoms with Crippen LogP contribution >= 0.6 is 24.0 Å². The van der Waals surface area contributed by atoms with Crippen molar-refractivity contribution in [2.24, 2.45) is 4.99 Å². The summed E-state index contributed by atoms with van der Waals surface area (Å²) in [7, 11) is 1.73. The summed E-state index contributed by atoms with van der Waals surface area (Å²) in [4.78, 5) is 23.1. The second-order valence-electron chi connectivity index (χ2n) is 6.94.